The van der Waals surface area contributed by atoms with Gasteiger partial charge < -0.3 is 15.7 Å². The number of amides is 2. The molecule has 0 radical (unpaired) electrons. The summed E-state index contributed by atoms with van der Waals surface area (Å²) in [4.78, 5) is 46.2. The monoisotopic (exact) mass is 392 g/mol. The van der Waals surface area contributed by atoms with Crippen LogP contribution in [0.25, 0.3) is 0 Å². The minimum absolute atomic E-state index is 0.0138. The van der Waals surface area contributed by atoms with Crippen LogP contribution in [-0.4, -0.2) is 45.7 Å². The molecule has 1 aromatic carbocycles. The number of nitro benzene ring substituents is 1. The molecular weight excluding hydrogens is 375 g/mol. The number of nitro groups is 1. The number of imide groups is 1. The number of halogens is 1. The molecule has 1 aromatic rings. The standard InChI is InChI=1S/C17H17FN4O6/c1-9(5-10(2)24)19-12-6-11(18)15(22(27)28)7-13(12)20-14-8-16(25)21(3-4-23)17(14)26/h5-8,19-20,23H,3-4H2,1-2H3. The van der Waals surface area contributed by atoms with Gasteiger partial charge in [-0.3, -0.25) is 29.4 Å². The van der Waals surface area contributed by atoms with Crippen LogP contribution < -0.4 is 10.6 Å². The topological polar surface area (TPSA) is 142 Å². The summed E-state index contributed by atoms with van der Waals surface area (Å²) in [7, 11) is 0. The van der Waals surface area contributed by atoms with Crippen molar-refractivity contribution in [2.45, 2.75) is 13.8 Å². The van der Waals surface area contributed by atoms with E-state index in [2.05, 4.69) is 10.6 Å². The summed E-state index contributed by atoms with van der Waals surface area (Å²) < 4.78 is 14.0. The summed E-state index contributed by atoms with van der Waals surface area (Å²) in [5, 5.41) is 25.3. The van der Waals surface area contributed by atoms with Gasteiger partial charge in [-0.2, -0.15) is 4.39 Å². The number of nitrogens with zero attached hydrogens (tertiary/aromatic N) is 2. The highest BCUT2D eigenvalue weighted by Crippen LogP contribution is 2.32. The normalized spacial score (nSPS) is 14.2. The molecule has 0 saturated carbocycles. The molecule has 148 valence electrons. The van der Waals surface area contributed by atoms with Crippen LogP contribution in [0.3, 0.4) is 0 Å². The Balaban J connectivity index is 2.43. The van der Waals surface area contributed by atoms with Crippen LogP contribution in [0.1, 0.15) is 13.8 Å². The number of ketones is 1. The van der Waals surface area contributed by atoms with E-state index in [4.69, 9.17) is 5.11 Å². The number of β-amino-alcohol motifs (C(OH)–C–C–N with tert-alkyl or cyclic N) is 1. The van der Waals surface area contributed by atoms with Gasteiger partial charge in [0, 0.05) is 23.9 Å². The fourth-order valence-corrected chi connectivity index (χ4v) is 2.52. The quantitative estimate of drug-likeness (QED) is 0.260. The summed E-state index contributed by atoms with van der Waals surface area (Å²) in [6, 6.07) is 1.71. The number of anilines is 2. The Morgan fingerprint density at radius 3 is 2.57 bits per heavy atom. The highest BCUT2D eigenvalue weighted by molar-refractivity contribution is 6.17. The second kappa shape index (κ2) is 8.39. The third-order valence-corrected chi connectivity index (χ3v) is 3.64. The first-order valence-corrected chi connectivity index (χ1v) is 8.03. The van der Waals surface area contributed by atoms with E-state index in [0.717, 1.165) is 23.1 Å². The SMILES string of the molecule is CC(=O)C=C(C)Nc1cc(F)c([N+](=O)[O-])cc1NC1=CC(=O)N(CCO)C1=O. The van der Waals surface area contributed by atoms with Crippen LogP contribution in [0.5, 0.6) is 0 Å². The van der Waals surface area contributed by atoms with Crippen LogP contribution in [0.2, 0.25) is 0 Å². The summed E-state index contributed by atoms with van der Waals surface area (Å²) >= 11 is 0. The van der Waals surface area contributed by atoms with Gasteiger partial charge in [-0.15, -0.1) is 0 Å². The molecule has 0 unspecified atom stereocenters. The first kappa shape index (κ1) is 20.7. The van der Waals surface area contributed by atoms with Crippen LogP contribution >= 0.6 is 0 Å². The number of nitrogens with one attached hydrogen (secondary N) is 2. The average Bonchev–Trinajstić information content (AvgIpc) is 2.84. The molecule has 0 atom stereocenters. The Labute approximate surface area is 158 Å². The Hall–Kier alpha value is -3.60. The van der Waals surface area contributed by atoms with Gasteiger partial charge in [0.1, 0.15) is 5.70 Å². The number of aliphatic hydroxyl groups excluding tert-OH is 1. The number of hydrogen-bond donors (Lipinski definition) is 3. The van der Waals surface area contributed by atoms with E-state index in [9.17, 15) is 28.9 Å². The molecule has 0 bridgehead atoms. The number of aliphatic hydroxyl groups is 1. The maximum Gasteiger partial charge on any atom is 0.307 e. The largest absolute Gasteiger partial charge is 0.395 e. The van der Waals surface area contributed by atoms with Crippen molar-refractivity contribution in [3.8, 4) is 0 Å². The smallest absolute Gasteiger partial charge is 0.307 e. The second-order valence-corrected chi connectivity index (χ2v) is 5.87. The number of carbonyl (C=O) groups is 3. The van der Waals surface area contributed by atoms with Gasteiger partial charge in [0.15, 0.2) is 5.78 Å². The molecule has 0 spiro atoms. The van der Waals surface area contributed by atoms with Crippen molar-refractivity contribution in [1.82, 2.24) is 4.90 Å². The number of allylic oxidation sites excluding steroid dienone is 2. The fourth-order valence-electron chi connectivity index (χ4n) is 2.52. The molecule has 2 rings (SSSR count). The van der Waals surface area contributed by atoms with E-state index in [1.165, 1.54) is 19.9 Å². The van der Waals surface area contributed by atoms with Gasteiger partial charge in [-0.1, -0.05) is 0 Å². The van der Waals surface area contributed by atoms with Gasteiger partial charge in [0.2, 0.25) is 5.82 Å². The van der Waals surface area contributed by atoms with Crippen LogP contribution in [0.4, 0.5) is 21.5 Å². The lowest BCUT2D eigenvalue weighted by Crippen LogP contribution is -2.34. The third kappa shape index (κ3) is 4.57. The lowest BCUT2D eigenvalue weighted by molar-refractivity contribution is -0.387. The van der Waals surface area contributed by atoms with E-state index in [1.807, 2.05) is 0 Å². The number of hydrogen-bond acceptors (Lipinski definition) is 8. The van der Waals surface area contributed by atoms with E-state index in [-0.39, 0.29) is 29.4 Å². The van der Waals surface area contributed by atoms with Gasteiger partial charge in [0.25, 0.3) is 11.8 Å². The van der Waals surface area contributed by atoms with Crippen molar-refractivity contribution in [3.63, 3.8) is 0 Å². The highest BCUT2D eigenvalue weighted by atomic mass is 19.1. The van der Waals surface area contributed by atoms with Gasteiger partial charge in [-0.25, -0.2) is 0 Å². The van der Waals surface area contributed by atoms with Crippen molar-refractivity contribution >= 4 is 34.7 Å². The van der Waals surface area contributed by atoms with Crippen molar-refractivity contribution in [2.75, 3.05) is 23.8 Å². The molecule has 11 heteroatoms. The second-order valence-electron chi connectivity index (χ2n) is 5.87. The van der Waals surface area contributed by atoms with Crippen molar-refractivity contribution in [2.24, 2.45) is 0 Å². The first-order chi connectivity index (χ1) is 13.1. The summed E-state index contributed by atoms with van der Waals surface area (Å²) in [6.07, 6.45) is 2.20. The van der Waals surface area contributed by atoms with E-state index < -0.39 is 34.8 Å². The van der Waals surface area contributed by atoms with Crippen LogP contribution in [-0.2, 0) is 14.4 Å². The van der Waals surface area contributed by atoms with E-state index in [0.29, 0.717) is 5.70 Å². The molecular formula is C17H17FN4O6. The lowest BCUT2D eigenvalue weighted by atomic mass is 10.2. The number of carbonyl (C=O) groups excluding carboxylic acids is 3. The highest BCUT2D eigenvalue weighted by Gasteiger charge is 2.31. The Morgan fingerprint density at radius 2 is 2.00 bits per heavy atom. The molecule has 1 heterocycles. The fraction of sp³-hybridized carbons (Fsp3) is 0.235. The predicted octanol–water partition coefficient (Wildman–Crippen LogP) is 1.30. The molecule has 0 aromatic heterocycles. The van der Waals surface area contributed by atoms with Gasteiger partial charge >= 0.3 is 5.69 Å². The minimum atomic E-state index is -1.13. The van der Waals surface area contributed by atoms with Gasteiger partial charge in [0.05, 0.1) is 29.4 Å². The van der Waals surface area contributed by atoms with Crippen LogP contribution in [0.15, 0.2) is 35.7 Å². The Kier molecular flexibility index (Phi) is 6.21. The molecule has 28 heavy (non-hydrogen) atoms. The zero-order valence-electron chi connectivity index (χ0n) is 15.0. The van der Waals surface area contributed by atoms with Crippen molar-refractivity contribution in [3.05, 3.63) is 51.6 Å². The molecule has 0 aliphatic carbocycles. The zero-order chi connectivity index (χ0) is 21.0. The molecule has 0 fully saturated rings. The molecule has 3 N–H and O–H groups in total. The predicted molar refractivity (Wildman–Crippen MR) is 96.6 cm³/mol. The van der Waals surface area contributed by atoms with Crippen molar-refractivity contribution < 1.29 is 28.8 Å². The maximum atomic E-state index is 14.0. The van der Waals surface area contributed by atoms with Gasteiger partial charge in [-0.05, 0) is 19.9 Å². The van der Waals surface area contributed by atoms with E-state index in [1.54, 1.807) is 0 Å². The number of rotatable bonds is 8. The molecule has 10 nitrogen and oxygen atoms in total. The molecule has 1 aliphatic rings. The lowest BCUT2D eigenvalue weighted by Gasteiger charge is -2.16. The van der Waals surface area contributed by atoms with E-state index >= 15 is 0 Å². The average molecular weight is 392 g/mol. The molecule has 2 amide bonds. The Bertz CT molecular complexity index is 924. The molecule has 0 saturated heterocycles. The maximum absolute atomic E-state index is 14.0. The zero-order valence-corrected chi connectivity index (χ0v) is 15.0. The minimum Gasteiger partial charge on any atom is -0.395 e. The number of benzene rings is 1. The summed E-state index contributed by atoms with van der Waals surface area (Å²) in [5.74, 6) is -2.81. The van der Waals surface area contributed by atoms with Crippen molar-refractivity contribution in [1.29, 1.82) is 0 Å². The summed E-state index contributed by atoms with van der Waals surface area (Å²) in [6.45, 7) is 2.19. The third-order valence-electron chi connectivity index (χ3n) is 3.64. The van der Waals surface area contributed by atoms with Crippen LogP contribution in [0, 0.1) is 15.9 Å². The molecule has 1 aliphatic heterocycles. The Morgan fingerprint density at radius 1 is 1.32 bits per heavy atom. The summed E-state index contributed by atoms with van der Waals surface area (Å²) in [5.41, 5.74) is -0.752. The first-order valence-electron chi connectivity index (χ1n) is 8.03.